The first kappa shape index (κ1) is 65.9. The molecule has 4 heterocycles. The van der Waals surface area contributed by atoms with Gasteiger partial charge in [-0.15, -0.1) is 52.6 Å². The van der Waals surface area contributed by atoms with Crippen LogP contribution in [-0.4, -0.2) is 224 Å². The van der Waals surface area contributed by atoms with E-state index >= 15 is 0 Å². The van der Waals surface area contributed by atoms with E-state index in [-0.39, 0.29) is 26.4 Å². The van der Waals surface area contributed by atoms with Gasteiger partial charge in [0.25, 0.3) is 0 Å². The molecular formula is C36H80N8O10S2. The highest BCUT2D eigenvalue weighted by atomic mass is 32.2. The molecule has 4 aliphatic heterocycles. The highest BCUT2D eigenvalue weighted by molar-refractivity contribution is 7.80. The van der Waals surface area contributed by atoms with Crippen LogP contribution in [0.2, 0.25) is 0 Å². The molecule has 0 saturated carbocycles. The predicted molar refractivity (Wildman–Crippen MR) is 229 cm³/mol. The third-order valence-electron chi connectivity index (χ3n) is 7.24. The van der Waals surface area contributed by atoms with Gasteiger partial charge in [-0.2, -0.15) is 20.3 Å². The van der Waals surface area contributed by atoms with Gasteiger partial charge in [0, 0.05) is 105 Å². The normalized spacial score (nSPS) is 19.3. The Bertz CT molecular complexity index is 873. The number of hydrogen-bond donors (Lipinski definition) is 4. The lowest BCUT2D eigenvalue weighted by atomic mass is 10.3. The molecule has 0 amide bonds. The molecule has 4 N–H and O–H groups in total. The van der Waals surface area contributed by atoms with Gasteiger partial charge in [-0.1, -0.05) is 14.9 Å². The fourth-order valence-electron chi connectivity index (χ4n) is 4.56. The number of carbonyl (C=O) groups is 2. The minimum atomic E-state index is -1.21. The van der Waals surface area contributed by atoms with Gasteiger partial charge in [0.15, 0.2) is 22.2 Å². The number of hydroxylamine groups is 8. The quantitative estimate of drug-likeness (QED) is 0.234. The molecule has 0 aromatic heterocycles. The Morgan fingerprint density at radius 2 is 0.625 bits per heavy atom. The van der Waals surface area contributed by atoms with Crippen molar-refractivity contribution in [3.63, 3.8) is 0 Å². The third kappa shape index (κ3) is 40.2. The van der Waals surface area contributed by atoms with Crippen LogP contribution in [0.4, 0.5) is 0 Å². The van der Waals surface area contributed by atoms with Crippen LogP contribution in [-0.2, 0) is 40.1 Å². The monoisotopic (exact) mass is 849 g/mol. The molecule has 20 heteroatoms. The van der Waals surface area contributed by atoms with E-state index in [0.29, 0.717) is 77.2 Å². The van der Waals surface area contributed by atoms with Gasteiger partial charge in [-0.25, -0.2) is 8.42 Å². The summed E-state index contributed by atoms with van der Waals surface area (Å²) < 4.78 is 31.1. The smallest absolute Gasteiger partial charge is 0.169 e. The minimum Gasteiger partial charge on any atom is -0.314 e. The number of carbonyl (C=O) groups excluding carboxylic acids is 2. The maximum Gasteiger partial charge on any atom is 0.169 e. The summed E-state index contributed by atoms with van der Waals surface area (Å²) in [6, 6.07) is 0. The van der Waals surface area contributed by atoms with Crippen LogP contribution < -0.4 is 0 Å². The van der Waals surface area contributed by atoms with Crippen molar-refractivity contribution in [2.75, 3.05) is 144 Å². The van der Waals surface area contributed by atoms with Gasteiger partial charge >= 0.3 is 0 Å². The Morgan fingerprint density at radius 3 is 0.786 bits per heavy atom. The molecule has 4 rings (SSSR count). The summed E-state index contributed by atoms with van der Waals surface area (Å²) in [5, 5.41) is 41.1. The second-order valence-electron chi connectivity index (χ2n) is 11.2. The summed E-state index contributed by atoms with van der Waals surface area (Å²) in [6.07, 6.45) is 0. The summed E-state index contributed by atoms with van der Waals surface area (Å²) >= 11 is -2.42. The predicted octanol–water partition coefficient (Wildman–Crippen LogP) is 2.17. The summed E-state index contributed by atoms with van der Waals surface area (Å²) in [6.45, 7) is 39.4. The first-order valence-corrected chi connectivity index (χ1v) is 19.8. The molecule has 0 radical (unpaired) electrons. The molecule has 2 atom stereocenters. The van der Waals surface area contributed by atoms with E-state index in [1.165, 1.54) is 34.5 Å². The van der Waals surface area contributed by atoms with Crippen LogP contribution in [0.15, 0.2) is 52.6 Å². The maximum absolute atomic E-state index is 10.9. The Balaban J connectivity index is -0.000000139. The van der Waals surface area contributed by atoms with E-state index < -0.39 is 22.2 Å². The third-order valence-corrected chi connectivity index (χ3v) is 9.13. The number of hydrogen-bond acceptors (Lipinski definition) is 18. The molecule has 56 heavy (non-hydrogen) atoms. The first-order chi connectivity index (χ1) is 25.8. The molecule has 336 valence electrons. The van der Waals surface area contributed by atoms with Crippen LogP contribution in [0.25, 0.3) is 0 Å². The standard InChI is InChI=1S/2C7H14N2O2.2C6H14N2O3S.4C2H4.2CH4/c2*1-7(10)6-8-2-4-9(11)5-3-8;2*1-11-12(10)6-7-2-4-8(9)5-3-7;4*1-2;;/h2*11H,2-6H2,1H3;2*9H,2-6H2,1H3;4*1-2H2;2*1H4. The van der Waals surface area contributed by atoms with Gasteiger partial charge in [0.2, 0.25) is 0 Å². The zero-order chi connectivity index (χ0) is 42.5. The average molecular weight is 849 g/mol. The fraction of sp³-hybridized carbons (Fsp3) is 0.722. The van der Waals surface area contributed by atoms with Gasteiger partial charge in [0.05, 0.1) is 27.3 Å². The molecule has 0 bridgehead atoms. The van der Waals surface area contributed by atoms with Gasteiger partial charge in [-0.3, -0.25) is 37.6 Å². The molecular weight excluding hydrogens is 769 g/mol. The van der Waals surface area contributed by atoms with Gasteiger partial charge in [0.1, 0.15) is 23.3 Å². The lowest BCUT2D eigenvalue weighted by Gasteiger charge is -2.29. The summed E-state index contributed by atoms with van der Waals surface area (Å²) in [4.78, 5) is 29.5. The van der Waals surface area contributed by atoms with Crippen LogP contribution in [0.5, 0.6) is 0 Å². The van der Waals surface area contributed by atoms with Crippen LogP contribution in [0.1, 0.15) is 28.7 Å². The van der Waals surface area contributed by atoms with E-state index in [0.717, 1.165) is 52.4 Å². The number of ketones is 2. The molecule has 18 nitrogen and oxygen atoms in total. The van der Waals surface area contributed by atoms with E-state index in [4.69, 9.17) is 20.8 Å². The Labute approximate surface area is 345 Å². The van der Waals surface area contributed by atoms with Crippen molar-refractivity contribution in [2.45, 2.75) is 28.7 Å². The minimum absolute atomic E-state index is 0. The Hall–Kier alpha value is -1.96. The molecule has 0 aliphatic carbocycles. The second kappa shape index (κ2) is 45.7. The number of piperazine rings is 4. The van der Waals surface area contributed by atoms with Crippen molar-refractivity contribution >= 4 is 33.7 Å². The summed E-state index contributed by atoms with van der Waals surface area (Å²) in [7, 11) is 2.86. The summed E-state index contributed by atoms with van der Waals surface area (Å²) in [5.74, 6) is 1.25. The van der Waals surface area contributed by atoms with Gasteiger partial charge < -0.3 is 20.8 Å². The maximum atomic E-state index is 10.9. The van der Waals surface area contributed by atoms with Crippen LogP contribution in [0, 0.1) is 0 Å². The zero-order valence-corrected chi connectivity index (χ0v) is 35.1. The van der Waals surface area contributed by atoms with E-state index in [1.54, 1.807) is 13.8 Å². The van der Waals surface area contributed by atoms with Crippen molar-refractivity contribution < 1.29 is 47.2 Å². The van der Waals surface area contributed by atoms with Crippen LogP contribution in [0.3, 0.4) is 0 Å². The second-order valence-corrected chi connectivity index (χ2v) is 13.6. The van der Waals surface area contributed by atoms with Crippen molar-refractivity contribution in [3.8, 4) is 0 Å². The molecule has 0 aromatic carbocycles. The fourth-order valence-corrected chi connectivity index (χ4v) is 5.88. The lowest BCUT2D eigenvalue weighted by Crippen LogP contribution is -2.46. The van der Waals surface area contributed by atoms with Gasteiger partial charge in [-0.05, 0) is 13.8 Å². The highest BCUT2D eigenvalue weighted by Crippen LogP contribution is 2.02. The largest absolute Gasteiger partial charge is 0.314 e. The molecule has 4 saturated heterocycles. The summed E-state index contributed by atoms with van der Waals surface area (Å²) in [5.41, 5.74) is 0. The number of rotatable bonds is 10. The van der Waals surface area contributed by atoms with E-state index in [1.807, 2.05) is 9.80 Å². The lowest BCUT2D eigenvalue weighted by molar-refractivity contribution is -0.128. The molecule has 0 spiro atoms. The van der Waals surface area contributed by atoms with E-state index in [9.17, 15) is 18.0 Å². The van der Waals surface area contributed by atoms with Crippen molar-refractivity contribution in [2.24, 2.45) is 0 Å². The first-order valence-electron chi connectivity index (χ1n) is 17.3. The Morgan fingerprint density at radius 1 is 0.446 bits per heavy atom. The highest BCUT2D eigenvalue weighted by Gasteiger charge is 2.18. The topological polar surface area (TPSA) is 194 Å². The zero-order valence-electron chi connectivity index (χ0n) is 33.4. The van der Waals surface area contributed by atoms with E-state index in [2.05, 4.69) is 70.8 Å². The molecule has 2 unspecified atom stereocenters. The average Bonchev–Trinajstić information content (AvgIpc) is 3.19. The number of nitrogens with zero attached hydrogens (tertiary/aromatic N) is 8. The Kier molecular flexibility index (Phi) is 53.8. The molecule has 4 aliphatic rings. The molecule has 0 aromatic rings. The SMILES string of the molecule is C.C.C=C.C=C.C=C.C=C.CC(=O)CN1CCN(O)CC1.CC(=O)CN1CCN(O)CC1.COS(=O)CN1CCN(O)CC1.COS(=O)CN1CCN(O)CC1. The van der Waals surface area contributed by atoms with Crippen molar-refractivity contribution in [1.29, 1.82) is 0 Å². The van der Waals surface area contributed by atoms with Crippen LogP contribution >= 0.6 is 0 Å². The van der Waals surface area contributed by atoms with Crippen molar-refractivity contribution in [1.82, 2.24) is 39.9 Å². The van der Waals surface area contributed by atoms with Crippen molar-refractivity contribution in [3.05, 3.63) is 52.6 Å². The molecule has 4 fully saturated rings. The number of Topliss-reactive ketones (excluding diaryl/α,β-unsaturated/α-hetero) is 2.